The predicted molar refractivity (Wildman–Crippen MR) is 119 cm³/mol. The normalized spacial score (nSPS) is 13.5. The van der Waals surface area contributed by atoms with E-state index in [1.165, 1.54) is 0 Å². The van der Waals surface area contributed by atoms with E-state index >= 15 is 0 Å². The van der Waals surface area contributed by atoms with Crippen LogP contribution in [0, 0.1) is 0 Å². The van der Waals surface area contributed by atoms with Gasteiger partial charge in [-0.3, -0.25) is 24.0 Å². The zero-order valence-electron chi connectivity index (χ0n) is 18.8. The topological polar surface area (TPSA) is 174 Å². The number of rotatable bonds is 14. The molecule has 0 aromatic heterocycles. The number of thiol groups is 1. The predicted octanol–water partition coefficient (Wildman–Crippen LogP) is -0.244. The Morgan fingerprint density at radius 3 is 1.81 bits per heavy atom. The number of amides is 3. The zero-order chi connectivity index (χ0) is 24.2. The lowest BCUT2D eigenvalue weighted by Crippen LogP contribution is -2.56. The van der Waals surface area contributed by atoms with Crippen molar-refractivity contribution in [2.75, 3.05) is 19.1 Å². The Bertz CT molecular complexity index is 650. The van der Waals surface area contributed by atoms with Gasteiger partial charge < -0.3 is 30.9 Å². The number of carbonyl (C=O) groups excluding carboxylic acids is 3. The Morgan fingerprint density at radius 1 is 0.839 bits per heavy atom. The van der Waals surface area contributed by atoms with Crippen molar-refractivity contribution in [3.8, 4) is 0 Å². The van der Waals surface area contributed by atoms with Crippen molar-refractivity contribution in [2.24, 2.45) is 0 Å². The minimum atomic E-state index is -1.13. The summed E-state index contributed by atoms with van der Waals surface area (Å²) >= 11 is -0.620. The van der Waals surface area contributed by atoms with Gasteiger partial charge in [-0.2, -0.15) is 11.1 Å². The third-order valence-corrected chi connectivity index (χ3v) is 4.55. The summed E-state index contributed by atoms with van der Waals surface area (Å²) < 4.78 is 2.75. The average Bonchev–Trinajstić information content (AvgIpc) is 2.59. The first kappa shape index (κ1) is 28.7. The second-order valence-electron chi connectivity index (χ2n) is 8.34. The lowest BCUT2D eigenvalue weighted by atomic mass is 10.0. The highest BCUT2D eigenvalue weighted by atomic mass is 32.2. The van der Waals surface area contributed by atoms with E-state index in [0.717, 1.165) is 0 Å². The molecule has 0 saturated heterocycles. The van der Waals surface area contributed by atoms with Crippen LogP contribution in [-0.4, -0.2) is 76.6 Å². The van der Waals surface area contributed by atoms with Crippen molar-refractivity contribution in [3.63, 3.8) is 0 Å². The molecule has 0 spiro atoms. The van der Waals surface area contributed by atoms with Crippen LogP contribution in [0.15, 0.2) is 0 Å². The minimum Gasteiger partial charge on any atom is -0.481 e. The van der Waals surface area contributed by atoms with Crippen molar-refractivity contribution in [3.05, 3.63) is 0 Å². The lowest BCUT2D eigenvalue weighted by molar-refractivity contribution is -0.139. The minimum absolute atomic E-state index is 0.00287. The standard InChI is InChI=1S/C19H36N4O7S/c1-19(2,3)22-13(7-9-16(27)28)18(30)21-12(6-8-15(25)26)17(29)20-11-10-14(24)23-31(4)5/h12-13,22,31H,6-11H2,1-5H3,(H,20,29)(H,21,30)(H,23,24)(H,25,26)(H,27,28). The quantitative estimate of drug-likeness (QED) is 0.172. The first-order valence-electron chi connectivity index (χ1n) is 9.97. The van der Waals surface area contributed by atoms with Crippen LogP contribution >= 0.6 is 11.1 Å². The van der Waals surface area contributed by atoms with Gasteiger partial charge in [0.25, 0.3) is 0 Å². The number of hydrogen-bond donors (Lipinski definition) is 7. The van der Waals surface area contributed by atoms with Gasteiger partial charge in [-0.05, 0) is 46.1 Å². The van der Waals surface area contributed by atoms with Gasteiger partial charge in [0.1, 0.15) is 6.04 Å². The van der Waals surface area contributed by atoms with E-state index in [-0.39, 0.29) is 44.6 Å². The molecule has 0 saturated carbocycles. The molecular formula is C19H36N4O7S. The van der Waals surface area contributed by atoms with E-state index in [1.54, 1.807) is 0 Å². The highest BCUT2D eigenvalue weighted by molar-refractivity contribution is 8.14. The molecule has 2 atom stereocenters. The molecule has 180 valence electrons. The van der Waals surface area contributed by atoms with Gasteiger partial charge in [-0.25, -0.2) is 0 Å². The van der Waals surface area contributed by atoms with Crippen LogP contribution < -0.4 is 20.7 Å². The molecule has 0 aliphatic rings. The van der Waals surface area contributed by atoms with Crippen LogP contribution in [0.3, 0.4) is 0 Å². The van der Waals surface area contributed by atoms with Gasteiger partial charge in [0.2, 0.25) is 17.7 Å². The van der Waals surface area contributed by atoms with E-state index in [4.69, 9.17) is 10.2 Å². The van der Waals surface area contributed by atoms with Crippen LogP contribution in [-0.2, 0) is 24.0 Å². The molecule has 0 radical (unpaired) electrons. The Labute approximate surface area is 185 Å². The molecule has 0 rings (SSSR count). The van der Waals surface area contributed by atoms with Crippen molar-refractivity contribution in [1.82, 2.24) is 20.7 Å². The maximum atomic E-state index is 12.7. The van der Waals surface area contributed by atoms with Crippen LogP contribution in [0.5, 0.6) is 0 Å². The average molecular weight is 465 g/mol. The summed E-state index contributed by atoms with van der Waals surface area (Å²) in [6.07, 6.45) is 3.06. The second-order valence-corrected chi connectivity index (χ2v) is 10.4. The van der Waals surface area contributed by atoms with Gasteiger partial charge >= 0.3 is 11.9 Å². The van der Waals surface area contributed by atoms with Crippen LogP contribution in [0.4, 0.5) is 0 Å². The SMILES string of the molecule is C[SH](C)NC(=O)CCNC(=O)C(CCC(=O)O)NC(=O)C(CCC(=O)O)NC(C)(C)C. The highest BCUT2D eigenvalue weighted by Crippen LogP contribution is 2.08. The summed E-state index contributed by atoms with van der Waals surface area (Å²) in [5.41, 5.74) is -0.495. The summed E-state index contributed by atoms with van der Waals surface area (Å²) in [7, 11) is 0. The van der Waals surface area contributed by atoms with Gasteiger partial charge in [0.15, 0.2) is 0 Å². The smallest absolute Gasteiger partial charge is 0.303 e. The molecular weight excluding hydrogens is 428 g/mol. The molecule has 0 bridgehead atoms. The maximum Gasteiger partial charge on any atom is 0.303 e. The lowest BCUT2D eigenvalue weighted by Gasteiger charge is -2.29. The molecule has 2 unspecified atom stereocenters. The maximum absolute atomic E-state index is 12.7. The number of aliphatic carboxylic acids is 2. The highest BCUT2D eigenvalue weighted by Gasteiger charge is 2.28. The van der Waals surface area contributed by atoms with Crippen molar-refractivity contribution < 1.29 is 34.2 Å². The summed E-state index contributed by atoms with van der Waals surface area (Å²) in [5.74, 6) is -3.60. The van der Waals surface area contributed by atoms with Gasteiger partial charge in [-0.1, -0.05) is 0 Å². The molecule has 0 aromatic carbocycles. The summed E-state index contributed by atoms with van der Waals surface area (Å²) in [6, 6.07) is -2.01. The number of hydrogen-bond acceptors (Lipinski definition) is 6. The van der Waals surface area contributed by atoms with E-state index in [1.807, 2.05) is 33.3 Å². The molecule has 0 heterocycles. The van der Waals surface area contributed by atoms with Crippen molar-refractivity contribution in [2.45, 2.75) is 70.5 Å². The fourth-order valence-corrected chi connectivity index (χ4v) is 3.21. The van der Waals surface area contributed by atoms with E-state index in [9.17, 15) is 24.0 Å². The summed E-state index contributed by atoms with van der Waals surface area (Å²) in [5, 5.41) is 26.0. The molecule has 0 aliphatic heterocycles. The van der Waals surface area contributed by atoms with Crippen LogP contribution in [0.1, 0.15) is 52.9 Å². The Kier molecular flexibility index (Phi) is 12.8. The largest absolute Gasteiger partial charge is 0.481 e. The van der Waals surface area contributed by atoms with Gasteiger partial charge in [-0.15, -0.1) is 0 Å². The first-order chi connectivity index (χ1) is 14.2. The zero-order valence-corrected chi connectivity index (χ0v) is 19.7. The number of nitrogens with one attached hydrogen (secondary N) is 4. The fourth-order valence-electron chi connectivity index (χ4n) is 2.60. The Morgan fingerprint density at radius 2 is 1.35 bits per heavy atom. The van der Waals surface area contributed by atoms with Crippen molar-refractivity contribution in [1.29, 1.82) is 0 Å². The molecule has 0 aromatic rings. The molecule has 6 N–H and O–H groups in total. The van der Waals surface area contributed by atoms with Gasteiger partial charge in [0.05, 0.1) is 6.04 Å². The molecule has 11 nitrogen and oxygen atoms in total. The second kappa shape index (κ2) is 13.9. The Hall–Kier alpha value is -2.34. The van der Waals surface area contributed by atoms with Gasteiger partial charge in [0, 0.05) is 31.3 Å². The fraction of sp³-hybridized carbons (Fsp3) is 0.737. The molecule has 3 amide bonds. The van der Waals surface area contributed by atoms with E-state index in [0.29, 0.717) is 0 Å². The third kappa shape index (κ3) is 15.2. The molecule has 12 heteroatoms. The number of carbonyl (C=O) groups is 5. The molecule has 0 aliphatic carbocycles. The molecule has 0 fully saturated rings. The van der Waals surface area contributed by atoms with Crippen LogP contribution in [0.25, 0.3) is 0 Å². The summed E-state index contributed by atoms with van der Waals surface area (Å²) in [4.78, 5) is 58.8. The molecule has 31 heavy (non-hydrogen) atoms. The first-order valence-corrected chi connectivity index (χ1v) is 12.2. The summed E-state index contributed by atoms with van der Waals surface area (Å²) in [6.45, 7) is 5.47. The number of carboxylic acid groups (broad SMARTS) is 2. The van der Waals surface area contributed by atoms with E-state index < -0.39 is 52.5 Å². The monoisotopic (exact) mass is 464 g/mol. The van der Waals surface area contributed by atoms with E-state index in [2.05, 4.69) is 20.7 Å². The van der Waals surface area contributed by atoms with Crippen molar-refractivity contribution >= 4 is 40.7 Å². The van der Waals surface area contributed by atoms with Crippen LogP contribution in [0.2, 0.25) is 0 Å². The number of carboxylic acids is 2. The third-order valence-electron chi connectivity index (χ3n) is 3.85. The Balaban J connectivity index is 5.11.